The Morgan fingerprint density at radius 2 is 1.79 bits per heavy atom. The Morgan fingerprint density at radius 3 is 2.33 bits per heavy atom. The van der Waals surface area contributed by atoms with Crippen molar-refractivity contribution in [3.63, 3.8) is 0 Å². The summed E-state index contributed by atoms with van der Waals surface area (Å²) in [5, 5.41) is 6.76. The van der Waals surface area contributed by atoms with E-state index < -0.39 is 27.6 Å². The zero-order valence-electron chi connectivity index (χ0n) is 22.1. The van der Waals surface area contributed by atoms with Crippen LogP contribution in [0.2, 0.25) is 10.0 Å². The second kappa shape index (κ2) is 12.7. The standard InChI is InChI=1S/C27H33Cl2F2N3O4S/c1-5-38-23(35)15-20(18-7-9-19(10-8-18)39(36,37)6-2)17(3)33-25-22(32-4)16-21(28)26(24(25)29)34-13-11-27(30,31)12-14-34/h7-10,16,20,32-33H,3,5-6,11-15H2,1-2,4H3. The first kappa shape index (κ1) is 31.0. The fourth-order valence-electron chi connectivity index (χ4n) is 4.43. The monoisotopic (exact) mass is 603 g/mol. The molecule has 1 saturated heterocycles. The van der Waals surface area contributed by atoms with Gasteiger partial charge in [-0.15, -0.1) is 0 Å². The third-order valence-corrected chi connectivity index (χ3v) is 9.09. The number of carbonyl (C=O) groups is 1. The zero-order valence-corrected chi connectivity index (χ0v) is 24.4. The highest BCUT2D eigenvalue weighted by molar-refractivity contribution is 7.91. The highest BCUT2D eigenvalue weighted by Gasteiger charge is 2.36. The number of nitrogens with one attached hydrogen (secondary N) is 2. The lowest BCUT2D eigenvalue weighted by molar-refractivity contribution is -0.143. The molecule has 1 heterocycles. The first-order chi connectivity index (χ1) is 18.3. The van der Waals surface area contributed by atoms with E-state index in [1.165, 1.54) is 12.1 Å². The topological polar surface area (TPSA) is 87.7 Å². The molecule has 0 aromatic heterocycles. The summed E-state index contributed by atoms with van der Waals surface area (Å²) in [4.78, 5) is 14.4. The minimum atomic E-state index is -3.40. The van der Waals surface area contributed by atoms with Crippen molar-refractivity contribution in [2.75, 3.05) is 48.0 Å². The predicted molar refractivity (Wildman–Crippen MR) is 153 cm³/mol. The van der Waals surface area contributed by atoms with Crippen molar-refractivity contribution in [1.82, 2.24) is 0 Å². The van der Waals surface area contributed by atoms with E-state index in [1.54, 1.807) is 44.0 Å². The van der Waals surface area contributed by atoms with Crippen molar-refractivity contribution in [3.8, 4) is 0 Å². The predicted octanol–water partition coefficient (Wildman–Crippen LogP) is 6.73. The summed E-state index contributed by atoms with van der Waals surface area (Å²) in [5.74, 6) is -3.83. The van der Waals surface area contributed by atoms with Gasteiger partial charge in [0, 0.05) is 44.6 Å². The minimum absolute atomic E-state index is 0.0360. The van der Waals surface area contributed by atoms with Crippen LogP contribution in [0.4, 0.5) is 25.8 Å². The summed E-state index contributed by atoms with van der Waals surface area (Å²) in [6.07, 6.45) is -0.684. The maximum absolute atomic E-state index is 13.8. The molecule has 1 fully saturated rings. The average Bonchev–Trinajstić information content (AvgIpc) is 2.89. The molecule has 0 bridgehead atoms. The third kappa shape index (κ3) is 7.35. The second-order valence-electron chi connectivity index (χ2n) is 9.22. The Balaban J connectivity index is 1.98. The number of hydrogen-bond donors (Lipinski definition) is 2. The van der Waals surface area contributed by atoms with E-state index in [0.29, 0.717) is 33.3 Å². The Kier molecular flexibility index (Phi) is 10.1. The molecule has 2 N–H and O–H groups in total. The van der Waals surface area contributed by atoms with Gasteiger partial charge < -0.3 is 20.3 Å². The van der Waals surface area contributed by atoms with Crippen molar-refractivity contribution in [3.05, 3.63) is 58.2 Å². The molecule has 0 radical (unpaired) electrons. The summed E-state index contributed by atoms with van der Waals surface area (Å²) in [6, 6.07) is 7.92. The quantitative estimate of drug-likeness (QED) is 0.275. The maximum atomic E-state index is 13.8. The number of ether oxygens (including phenoxy) is 1. The molecule has 3 rings (SSSR count). The smallest absolute Gasteiger partial charge is 0.306 e. The number of hydrogen-bond acceptors (Lipinski definition) is 7. The van der Waals surface area contributed by atoms with E-state index in [4.69, 9.17) is 27.9 Å². The van der Waals surface area contributed by atoms with Crippen LogP contribution < -0.4 is 15.5 Å². The molecule has 0 saturated carbocycles. The van der Waals surface area contributed by atoms with E-state index >= 15 is 0 Å². The van der Waals surface area contributed by atoms with Crippen LogP contribution >= 0.6 is 23.2 Å². The van der Waals surface area contributed by atoms with Crippen LogP contribution in [0, 0.1) is 0 Å². The SMILES string of the molecule is C=C(Nc1c(NC)cc(Cl)c(N2CCC(F)(F)CC2)c1Cl)C(CC(=O)OCC)c1ccc(S(=O)(=O)CC)cc1. The first-order valence-corrected chi connectivity index (χ1v) is 15.0. The fourth-order valence-corrected chi connectivity index (χ4v) is 6.05. The van der Waals surface area contributed by atoms with Crippen molar-refractivity contribution in [2.24, 2.45) is 0 Å². The molecule has 2 aromatic carbocycles. The number of rotatable bonds is 11. The minimum Gasteiger partial charge on any atom is -0.466 e. The van der Waals surface area contributed by atoms with Gasteiger partial charge in [-0.25, -0.2) is 17.2 Å². The molecule has 1 aliphatic heterocycles. The van der Waals surface area contributed by atoms with E-state index in [0.717, 1.165) is 0 Å². The van der Waals surface area contributed by atoms with Crippen LogP contribution in [0.5, 0.6) is 0 Å². The molecule has 7 nitrogen and oxygen atoms in total. The van der Waals surface area contributed by atoms with Crippen molar-refractivity contribution < 1.29 is 26.7 Å². The fraction of sp³-hybridized carbons (Fsp3) is 0.444. The van der Waals surface area contributed by atoms with Gasteiger partial charge in [0.2, 0.25) is 0 Å². The highest BCUT2D eigenvalue weighted by Crippen LogP contribution is 2.46. The number of esters is 1. The molecule has 214 valence electrons. The van der Waals surface area contributed by atoms with Crippen LogP contribution in [0.15, 0.2) is 47.5 Å². The van der Waals surface area contributed by atoms with Gasteiger partial charge in [0.1, 0.15) is 0 Å². The second-order valence-corrected chi connectivity index (χ2v) is 12.3. The van der Waals surface area contributed by atoms with Crippen LogP contribution in [0.1, 0.15) is 44.6 Å². The molecule has 0 amide bonds. The van der Waals surface area contributed by atoms with Gasteiger partial charge in [-0.05, 0) is 30.7 Å². The molecule has 12 heteroatoms. The third-order valence-electron chi connectivity index (χ3n) is 6.68. The van der Waals surface area contributed by atoms with E-state index in [1.807, 2.05) is 0 Å². The number of anilines is 3. The Morgan fingerprint density at radius 1 is 1.18 bits per heavy atom. The Labute approximate surface area is 238 Å². The lowest BCUT2D eigenvalue weighted by Gasteiger charge is -2.35. The van der Waals surface area contributed by atoms with E-state index in [-0.39, 0.29) is 54.6 Å². The largest absolute Gasteiger partial charge is 0.466 e. The summed E-state index contributed by atoms with van der Waals surface area (Å²) < 4.78 is 57.3. The summed E-state index contributed by atoms with van der Waals surface area (Å²) in [6.45, 7) is 7.80. The molecular formula is C27H33Cl2F2N3O4S. The van der Waals surface area contributed by atoms with Crippen molar-refractivity contribution in [1.29, 1.82) is 0 Å². The Hall–Kier alpha value is -2.56. The van der Waals surface area contributed by atoms with Gasteiger partial charge in [0.05, 0.1) is 50.8 Å². The number of alkyl halides is 2. The number of halogens is 4. The molecule has 0 spiro atoms. The molecular weight excluding hydrogens is 571 g/mol. The van der Waals surface area contributed by atoms with E-state index in [2.05, 4.69) is 17.2 Å². The number of carbonyl (C=O) groups excluding carboxylic acids is 1. The van der Waals surface area contributed by atoms with Crippen LogP contribution in [0.3, 0.4) is 0 Å². The van der Waals surface area contributed by atoms with Crippen molar-refractivity contribution >= 4 is 56.1 Å². The van der Waals surface area contributed by atoms with Gasteiger partial charge in [-0.3, -0.25) is 4.79 Å². The average molecular weight is 605 g/mol. The van der Waals surface area contributed by atoms with Gasteiger partial charge >= 0.3 is 5.97 Å². The van der Waals surface area contributed by atoms with Gasteiger partial charge in [0.25, 0.3) is 5.92 Å². The number of benzene rings is 2. The van der Waals surface area contributed by atoms with Crippen LogP contribution in [0.25, 0.3) is 0 Å². The Bertz CT molecular complexity index is 1310. The van der Waals surface area contributed by atoms with Gasteiger partial charge in [-0.2, -0.15) is 0 Å². The van der Waals surface area contributed by atoms with Crippen LogP contribution in [-0.4, -0.2) is 52.8 Å². The highest BCUT2D eigenvalue weighted by atomic mass is 35.5. The number of allylic oxidation sites excluding steroid dienone is 1. The molecule has 0 aliphatic carbocycles. The summed E-state index contributed by atoms with van der Waals surface area (Å²) in [5.41, 5.74) is 2.42. The lowest BCUT2D eigenvalue weighted by atomic mass is 9.92. The van der Waals surface area contributed by atoms with E-state index in [9.17, 15) is 22.0 Å². The lowest BCUT2D eigenvalue weighted by Crippen LogP contribution is -2.39. The number of piperidine rings is 1. The number of nitrogens with zero attached hydrogens (tertiary/aromatic N) is 1. The molecule has 1 aliphatic rings. The normalized spacial score (nSPS) is 15.9. The first-order valence-electron chi connectivity index (χ1n) is 12.6. The molecule has 39 heavy (non-hydrogen) atoms. The molecule has 1 unspecified atom stereocenters. The molecule has 1 atom stereocenters. The van der Waals surface area contributed by atoms with Crippen LogP contribution in [-0.2, 0) is 19.4 Å². The zero-order chi connectivity index (χ0) is 29.0. The van der Waals surface area contributed by atoms with Gasteiger partial charge in [-0.1, -0.05) is 48.8 Å². The summed E-state index contributed by atoms with van der Waals surface area (Å²) in [7, 11) is -1.72. The van der Waals surface area contributed by atoms with Gasteiger partial charge in [0.15, 0.2) is 9.84 Å². The number of sulfone groups is 1. The van der Waals surface area contributed by atoms with Crippen molar-refractivity contribution in [2.45, 2.75) is 49.8 Å². The maximum Gasteiger partial charge on any atom is 0.306 e. The molecule has 2 aromatic rings. The summed E-state index contributed by atoms with van der Waals surface area (Å²) >= 11 is 13.4.